The Morgan fingerprint density at radius 1 is 1.09 bits per heavy atom. The number of rotatable bonds is 1. The van der Waals surface area contributed by atoms with Crippen molar-refractivity contribution in [3.63, 3.8) is 0 Å². The van der Waals surface area contributed by atoms with Gasteiger partial charge in [-0.3, -0.25) is 0 Å². The molecule has 1 aromatic heterocycles. The van der Waals surface area contributed by atoms with Crippen LogP contribution in [-0.4, -0.2) is 44.4 Å². The van der Waals surface area contributed by atoms with Crippen LogP contribution in [0.25, 0.3) is 0 Å². The van der Waals surface area contributed by atoms with Crippen LogP contribution in [0.5, 0.6) is 0 Å². The highest BCUT2D eigenvalue weighted by Gasteiger charge is 2.30. The molecular formula is C17H28N4O2. The van der Waals surface area contributed by atoms with E-state index in [-0.39, 0.29) is 6.09 Å². The molecular weight excluding hydrogens is 292 g/mol. The van der Waals surface area contributed by atoms with E-state index in [4.69, 9.17) is 4.74 Å². The standard InChI is InChI=1S/C17H28N4O2/c1-17(2,3)23-16(22)20-11-8-13(9-12-20)15-19-18-14-7-5-4-6-10-21(14)15/h13H,4-12H2,1-3H3. The summed E-state index contributed by atoms with van der Waals surface area (Å²) in [5.74, 6) is 2.69. The Labute approximate surface area is 138 Å². The van der Waals surface area contributed by atoms with Crippen molar-refractivity contribution in [2.45, 2.75) is 77.4 Å². The molecule has 3 heterocycles. The Bertz CT molecular complexity index is 553. The van der Waals surface area contributed by atoms with Crippen molar-refractivity contribution in [2.75, 3.05) is 13.1 Å². The molecule has 0 aliphatic carbocycles. The monoisotopic (exact) mass is 320 g/mol. The predicted octanol–water partition coefficient (Wildman–Crippen LogP) is 3.12. The van der Waals surface area contributed by atoms with Crippen LogP contribution in [0.3, 0.4) is 0 Å². The fourth-order valence-electron chi connectivity index (χ4n) is 3.46. The van der Waals surface area contributed by atoms with Crippen LogP contribution in [0.2, 0.25) is 0 Å². The van der Waals surface area contributed by atoms with E-state index < -0.39 is 5.60 Å². The third-order valence-electron chi connectivity index (χ3n) is 4.65. The lowest BCUT2D eigenvalue weighted by molar-refractivity contribution is 0.0202. The second-order valence-corrected chi connectivity index (χ2v) is 7.68. The molecule has 1 aromatic rings. The molecule has 3 rings (SSSR count). The highest BCUT2D eigenvalue weighted by Crippen LogP contribution is 2.29. The first-order chi connectivity index (χ1) is 10.9. The number of hydrogen-bond donors (Lipinski definition) is 0. The Kier molecular flexibility index (Phi) is 4.60. The average Bonchev–Trinajstić information content (AvgIpc) is 2.74. The van der Waals surface area contributed by atoms with Crippen LogP contribution in [0.15, 0.2) is 0 Å². The predicted molar refractivity (Wildman–Crippen MR) is 87.4 cm³/mol. The zero-order valence-electron chi connectivity index (χ0n) is 14.5. The maximum Gasteiger partial charge on any atom is 0.410 e. The fraction of sp³-hybridized carbons (Fsp3) is 0.824. The van der Waals surface area contributed by atoms with E-state index in [1.807, 2.05) is 25.7 Å². The molecule has 0 atom stereocenters. The number of aryl methyl sites for hydroxylation is 1. The second-order valence-electron chi connectivity index (χ2n) is 7.68. The third kappa shape index (κ3) is 3.85. The first-order valence-corrected chi connectivity index (χ1v) is 8.84. The van der Waals surface area contributed by atoms with Gasteiger partial charge in [0.25, 0.3) is 0 Å². The van der Waals surface area contributed by atoms with E-state index in [1.165, 1.54) is 19.3 Å². The Balaban J connectivity index is 1.61. The minimum absolute atomic E-state index is 0.198. The lowest BCUT2D eigenvalue weighted by atomic mass is 9.96. The molecule has 1 saturated heterocycles. The zero-order chi connectivity index (χ0) is 16.4. The topological polar surface area (TPSA) is 60.2 Å². The summed E-state index contributed by atoms with van der Waals surface area (Å²) in [6.07, 6.45) is 6.44. The van der Waals surface area contributed by atoms with E-state index in [0.29, 0.717) is 5.92 Å². The number of piperidine rings is 1. The van der Waals surface area contributed by atoms with E-state index in [0.717, 1.165) is 50.5 Å². The van der Waals surface area contributed by atoms with E-state index in [1.54, 1.807) is 0 Å². The van der Waals surface area contributed by atoms with Crippen molar-refractivity contribution in [1.29, 1.82) is 0 Å². The SMILES string of the molecule is CC(C)(C)OC(=O)N1CCC(c2nnc3n2CCCCC3)CC1. The van der Waals surface area contributed by atoms with Gasteiger partial charge in [-0.25, -0.2) is 4.79 Å². The summed E-state index contributed by atoms with van der Waals surface area (Å²) in [5.41, 5.74) is -0.432. The van der Waals surface area contributed by atoms with Gasteiger partial charge >= 0.3 is 6.09 Å². The minimum Gasteiger partial charge on any atom is -0.444 e. The number of amides is 1. The summed E-state index contributed by atoms with van der Waals surface area (Å²) in [7, 11) is 0. The molecule has 0 radical (unpaired) electrons. The molecule has 6 heteroatoms. The first kappa shape index (κ1) is 16.3. The number of carbonyl (C=O) groups is 1. The van der Waals surface area contributed by atoms with Crippen molar-refractivity contribution in [2.24, 2.45) is 0 Å². The average molecular weight is 320 g/mol. The number of carbonyl (C=O) groups excluding carboxylic acids is 1. The molecule has 128 valence electrons. The molecule has 0 unspecified atom stereocenters. The van der Waals surface area contributed by atoms with Gasteiger partial charge in [-0.2, -0.15) is 0 Å². The van der Waals surface area contributed by atoms with Crippen LogP contribution in [0.1, 0.15) is 70.4 Å². The molecule has 23 heavy (non-hydrogen) atoms. The molecule has 0 N–H and O–H groups in total. The van der Waals surface area contributed by atoms with Gasteiger partial charge in [0.15, 0.2) is 0 Å². The van der Waals surface area contributed by atoms with Gasteiger partial charge in [0.1, 0.15) is 17.2 Å². The molecule has 1 amide bonds. The number of fused-ring (bicyclic) bond motifs is 1. The van der Waals surface area contributed by atoms with Crippen molar-refractivity contribution in [3.05, 3.63) is 11.6 Å². The zero-order valence-corrected chi connectivity index (χ0v) is 14.5. The van der Waals surface area contributed by atoms with Gasteiger partial charge in [-0.1, -0.05) is 6.42 Å². The highest BCUT2D eigenvalue weighted by atomic mass is 16.6. The van der Waals surface area contributed by atoms with E-state index in [9.17, 15) is 4.79 Å². The van der Waals surface area contributed by atoms with Gasteiger partial charge in [0.05, 0.1) is 0 Å². The fourth-order valence-corrected chi connectivity index (χ4v) is 3.46. The summed E-state index contributed by atoms with van der Waals surface area (Å²) in [6.45, 7) is 8.24. The quantitative estimate of drug-likeness (QED) is 0.797. The summed E-state index contributed by atoms with van der Waals surface area (Å²) in [5, 5.41) is 8.87. The van der Waals surface area contributed by atoms with Gasteiger partial charge in [-0.15, -0.1) is 10.2 Å². The molecule has 0 saturated carbocycles. The third-order valence-corrected chi connectivity index (χ3v) is 4.65. The second kappa shape index (κ2) is 6.49. The summed E-state index contributed by atoms with van der Waals surface area (Å²) >= 11 is 0. The number of nitrogens with zero attached hydrogens (tertiary/aromatic N) is 4. The number of likely N-dealkylation sites (tertiary alicyclic amines) is 1. The lowest BCUT2D eigenvalue weighted by Crippen LogP contribution is -2.41. The van der Waals surface area contributed by atoms with Crippen molar-refractivity contribution in [3.8, 4) is 0 Å². The van der Waals surface area contributed by atoms with Crippen molar-refractivity contribution in [1.82, 2.24) is 19.7 Å². The number of ether oxygens (including phenoxy) is 1. The van der Waals surface area contributed by atoms with Crippen LogP contribution < -0.4 is 0 Å². The van der Waals surface area contributed by atoms with Crippen molar-refractivity contribution < 1.29 is 9.53 Å². The molecule has 6 nitrogen and oxygen atoms in total. The van der Waals surface area contributed by atoms with Crippen LogP contribution in [0.4, 0.5) is 4.79 Å². The van der Waals surface area contributed by atoms with Gasteiger partial charge in [-0.05, 0) is 46.5 Å². The molecule has 0 aromatic carbocycles. The Morgan fingerprint density at radius 3 is 2.52 bits per heavy atom. The van der Waals surface area contributed by atoms with Crippen LogP contribution >= 0.6 is 0 Å². The molecule has 2 aliphatic rings. The van der Waals surface area contributed by atoms with Gasteiger partial charge < -0.3 is 14.2 Å². The number of aromatic nitrogens is 3. The van der Waals surface area contributed by atoms with E-state index in [2.05, 4.69) is 14.8 Å². The number of hydrogen-bond acceptors (Lipinski definition) is 4. The summed E-state index contributed by atoms with van der Waals surface area (Å²) in [4.78, 5) is 14.0. The largest absolute Gasteiger partial charge is 0.444 e. The smallest absolute Gasteiger partial charge is 0.410 e. The lowest BCUT2D eigenvalue weighted by Gasteiger charge is -2.33. The van der Waals surface area contributed by atoms with Gasteiger partial charge in [0.2, 0.25) is 0 Å². The first-order valence-electron chi connectivity index (χ1n) is 8.84. The molecule has 2 aliphatic heterocycles. The summed E-state index contributed by atoms with van der Waals surface area (Å²) < 4.78 is 7.80. The van der Waals surface area contributed by atoms with Gasteiger partial charge in [0, 0.05) is 32.0 Å². The van der Waals surface area contributed by atoms with Crippen molar-refractivity contribution >= 4 is 6.09 Å². The van der Waals surface area contributed by atoms with Crippen LogP contribution in [-0.2, 0) is 17.7 Å². The minimum atomic E-state index is -0.432. The molecule has 0 bridgehead atoms. The maximum absolute atomic E-state index is 12.2. The highest BCUT2D eigenvalue weighted by molar-refractivity contribution is 5.68. The summed E-state index contributed by atoms with van der Waals surface area (Å²) in [6, 6.07) is 0. The maximum atomic E-state index is 12.2. The van der Waals surface area contributed by atoms with Crippen LogP contribution in [0, 0.1) is 0 Å². The molecule has 0 spiro atoms. The Morgan fingerprint density at radius 2 is 1.83 bits per heavy atom. The van der Waals surface area contributed by atoms with E-state index >= 15 is 0 Å². The molecule has 1 fully saturated rings. The Hall–Kier alpha value is -1.59. The normalized spacial score (nSPS) is 20.0.